The van der Waals surface area contributed by atoms with Crippen molar-refractivity contribution < 1.29 is 9.94 Å². The van der Waals surface area contributed by atoms with Crippen molar-refractivity contribution >= 4 is 5.71 Å². The van der Waals surface area contributed by atoms with Crippen molar-refractivity contribution in [1.29, 1.82) is 0 Å². The molecule has 1 aliphatic rings. The van der Waals surface area contributed by atoms with E-state index in [9.17, 15) is 5.11 Å². The van der Waals surface area contributed by atoms with Crippen LogP contribution in [0.5, 0.6) is 5.75 Å². The van der Waals surface area contributed by atoms with Gasteiger partial charge in [-0.3, -0.25) is 4.98 Å². The van der Waals surface area contributed by atoms with Gasteiger partial charge in [-0.25, -0.2) is 9.52 Å². The molecule has 0 spiro atoms. The molecule has 2 aromatic heterocycles. The highest BCUT2D eigenvalue weighted by Crippen LogP contribution is 2.37. The van der Waals surface area contributed by atoms with E-state index in [0.29, 0.717) is 13.0 Å². The first kappa shape index (κ1) is 20.8. The molecule has 0 amide bonds. The number of aromatic hydroxyl groups is 1. The molecule has 1 unspecified atom stereocenters. The Kier molecular flexibility index (Phi) is 5.82. The second-order valence-electron chi connectivity index (χ2n) is 7.91. The molecule has 3 heterocycles. The van der Waals surface area contributed by atoms with Crippen molar-refractivity contribution in [3.05, 3.63) is 107 Å². The van der Waals surface area contributed by atoms with Crippen LogP contribution < -0.4 is 0 Å². The molecule has 0 bridgehead atoms. The maximum Gasteiger partial charge on any atom is 0.123 e. The molecule has 2 aromatic carbocycles. The van der Waals surface area contributed by atoms with E-state index in [-0.39, 0.29) is 18.4 Å². The second kappa shape index (κ2) is 9.22. The number of rotatable bonds is 7. The van der Waals surface area contributed by atoms with E-state index in [0.717, 1.165) is 33.8 Å². The third kappa shape index (κ3) is 4.47. The van der Waals surface area contributed by atoms with Crippen LogP contribution in [0.3, 0.4) is 0 Å². The summed E-state index contributed by atoms with van der Waals surface area (Å²) in [7, 11) is 0. The summed E-state index contributed by atoms with van der Waals surface area (Å²) < 4.78 is 1.86. The summed E-state index contributed by atoms with van der Waals surface area (Å²) in [6, 6.07) is 21.0. The zero-order valence-corrected chi connectivity index (χ0v) is 18.2. The molecule has 5 rings (SSSR count). The highest BCUT2D eigenvalue weighted by molar-refractivity contribution is 6.01. The van der Waals surface area contributed by atoms with Crippen molar-refractivity contribution in [3.63, 3.8) is 0 Å². The van der Waals surface area contributed by atoms with Crippen LogP contribution in [0, 0.1) is 6.92 Å². The minimum atomic E-state index is -0.263. The largest absolute Gasteiger partial charge is 0.508 e. The Morgan fingerprint density at radius 2 is 1.85 bits per heavy atom. The quantitative estimate of drug-likeness (QED) is 0.467. The highest BCUT2D eigenvalue weighted by atomic mass is 16.7. The van der Waals surface area contributed by atoms with Gasteiger partial charge in [0, 0.05) is 29.9 Å². The fourth-order valence-corrected chi connectivity index (χ4v) is 3.88. The Bertz CT molecular complexity index is 1260. The molecule has 1 atom stereocenters. The van der Waals surface area contributed by atoms with Gasteiger partial charge in [0.15, 0.2) is 0 Å². The molecule has 8 nitrogen and oxygen atoms in total. The maximum atomic E-state index is 10.4. The highest BCUT2D eigenvalue weighted by Gasteiger charge is 2.32. The molecule has 33 heavy (non-hydrogen) atoms. The topological polar surface area (TPSA) is 88.7 Å². The number of benzene rings is 2. The van der Waals surface area contributed by atoms with Crippen molar-refractivity contribution in [3.8, 4) is 5.75 Å². The number of hydrogen-bond acceptors (Lipinski definition) is 7. The standard InChI is InChI=1S/C25H24N6O2/c1-18-23(27-29-30(18)16-19-8-3-2-4-9-19)17-33-31-24(21-11-5-6-12-25(21)32)14-22(28-31)20-10-7-13-26-15-20/h2-13,15,24,32H,14,16-17H2,1H3. The first-order valence-corrected chi connectivity index (χ1v) is 10.8. The van der Waals surface area contributed by atoms with Gasteiger partial charge in [0.2, 0.25) is 0 Å². The van der Waals surface area contributed by atoms with Gasteiger partial charge in [0.25, 0.3) is 0 Å². The van der Waals surface area contributed by atoms with E-state index in [1.165, 1.54) is 0 Å². The first-order chi connectivity index (χ1) is 16.2. The van der Waals surface area contributed by atoms with Gasteiger partial charge in [-0.1, -0.05) is 59.8 Å². The number of aromatic nitrogens is 4. The van der Waals surface area contributed by atoms with Crippen LogP contribution in [-0.2, 0) is 18.0 Å². The number of pyridine rings is 1. The molecule has 1 N–H and O–H groups in total. The zero-order valence-electron chi connectivity index (χ0n) is 18.2. The van der Waals surface area contributed by atoms with E-state index >= 15 is 0 Å². The number of hydrogen-bond donors (Lipinski definition) is 1. The van der Waals surface area contributed by atoms with E-state index in [4.69, 9.17) is 9.94 Å². The molecule has 1 aliphatic heterocycles. The predicted octanol–water partition coefficient (Wildman–Crippen LogP) is 4.02. The van der Waals surface area contributed by atoms with Crippen LogP contribution in [0.4, 0.5) is 0 Å². The van der Waals surface area contributed by atoms with Crippen LogP contribution in [0.15, 0.2) is 84.2 Å². The van der Waals surface area contributed by atoms with Gasteiger partial charge in [0.1, 0.15) is 24.1 Å². The number of para-hydroxylation sites is 1. The predicted molar refractivity (Wildman–Crippen MR) is 123 cm³/mol. The average molecular weight is 441 g/mol. The van der Waals surface area contributed by atoms with Crippen molar-refractivity contribution in [2.24, 2.45) is 5.10 Å². The van der Waals surface area contributed by atoms with E-state index < -0.39 is 0 Å². The molecule has 0 radical (unpaired) electrons. The monoisotopic (exact) mass is 440 g/mol. The molecule has 0 aliphatic carbocycles. The number of hydrazone groups is 1. The molecular formula is C25H24N6O2. The van der Waals surface area contributed by atoms with Crippen LogP contribution >= 0.6 is 0 Å². The molecule has 4 aromatic rings. The van der Waals surface area contributed by atoms with E-state index in [2.05, 4.69) is 27.4 Å². The zero-order chi connectivity index (χ0) is 22.6. The summed E-state index contributed by atoms with van der Waals surface area (Å²) in [6.07, 6.45) is 4.10. The number of phenolic OH excluding ortho intramolecular Hbond substituents is 1. The van der Waals surface area contributed by atoms with Gasteiger partial charge in [0.05, 0.1) is 18.0 Å². The lowest BCUT2D eigenvalue weighted by molar-refractivity contribution is -0.191. The Morgan fingerprint density at radius 1 is 1.03 bits per heavy atom. The van der Waals surface area contributed by atoms with Crippen LogP contribution in [-0.4, -0.2) is 36.0 Å². The molecule has 0 saturated heterocycles. The summed E-state index contributed by atoms with van der Waals surface area (Å²) >= 11 is 0. The van der Waals surface area contributed by atoms with Crippen molar-refractivity contribution in [1.82, 2.24) is 25.2 Å². The third-order valence-electron chi connectivity index (χ3n) is 5.75. The van der Waals surface area contributed by atoms with Crippen LogP contribution in [0.25, 0.3) is 0 Å². The summed E-state index contributed by atoms with van der Waals surface area (Å²) in [5.41, 5.74) is 5.36. The lowest BCUT2D eigenvalue weighted by Gasteiger charge is -2.23. The van der Waals surface area contributed by atoms with Gasteiger partial charge in [-0.2, -0.15) is 10.3 Å². The van der Waals surface area contributed by atoms with Gasteiger partial charge in [-0.05, 0) is 24.6 Å². The van der Waals surface area contributed by atoms with Gasteiger partial charge >= 0.3 is 0 Å². The maximum absolute atomic E-state index is 10.4. The average Bonchev–Trinajstić information content (AvgIpc) is 3.43. The molecular weight excluding hydrogens is 416 g/mol. The van der Waals surface area contributed by atoms with E-state index in [1.807, 2.05) is 54.1 Å². The van der Waals surface area contributed by atoms with Crippen molar-refractivity contribution in [2.45, 2.75) is 32.5 Å². The normalized spacial score (nSPS) is 15.6. The Hall–Kier alpha value is -4.04. The first-order valence-electron chi connectivity index (χ1n) is 10.8. The lowest BCUT2D eigenvalue weighted by Crippen LogP contribution is -2.20. The second-order valence-corrected chi connectivity index (χ2v) is 7.91. The van der Waals surface area contributed by atoms with Crippen LogP contribution in [0.1, 0.15) is 40.5 Å². The Labute approximate surface area is 191 Å². The van der Waals surface area contributed by atoms with Gasteiger partial charge < -0.3 is 5.11 Å². The minimum Gasteiger partial charge on any atom is -0.508 e. The molecule has 0 saturated carbocycles. The summed E-state index contributed by atoms with van der Waals surface area (Å²) in [5, 5.41) is 25.3. The minimum absolute atomic E-state index is 0.212. The SMILES string of the molecule is Cc1c(CON2N=C(c3cccnc3)CC2c2ccccc2O)nnn1Cc1ccccc1. The number of hydroxylamine groups is 1. The fourth-order valence-electron chi connectivity index (χ4n) is 3.88. The summed E-state index contributed by atoms with van der Waals surface area (Å²) in [6.45, 7) is 2.85. The van der Waals surface area contributed by atoms with Crippen LogP contribution in [0.2, 0.25) is 0 Å². The summed E-state index contributed by atoms with van der Waals surface area (Å²) in [5.74, 6) is 0.212. The van der Waals surface area contributed by atoms with Crippen molar-refractivity contribution in [2.75, 3.05) is 0 Å². The molecule has 0 fully saturated rings. The Morgan fingerprint density at radius 3 is 2.64 bits per heavy atom. The van der Waals surface area contributed by atoms with Gasteiger partial charge in [-0.15, -0.1) is 5.10 Å². The molecule has 8 heteroatoms. The molecule has 166 valence electrons. The third-order valence-corrected chi connectivity index (χ3v) is 5.75. The fraction of sp³-hybridized carbons (Fsp3) is 0.200. The van der Waals surface area contributed by atoms with E-state index in [1.54, 1.807) is 29.7 Å². The lowest BCUT2D eigenvalue weighted by atomic mass is 9.99. The summed E-state index contributed by atoms with van der Waals surface area (Å²) in [4.78, 5) is 10.3. The Balaban J connectivity index is 1.36. The number of phenols is 1. The smallest absolute Gasteiger partial charge is 0.123 e. The number of nitrogens with zero attached hydrogens (tertiary/aromatic N) is 6.